The van der Waals surface area contributed by atoms with Crippen LogP contribution in [0.4, 0.5) is 17.3 Å². The minimum Gasteiger partial charge on any atom is -0.369 e. The summed E-state index contributed by atoms with van der Waals surface area (Å²) in [6, 6.07) is 11.5. The summed E-state index contributed by atoms with van der Waals surface area (Å²) in [6.07, 6.45) is 4.88. The van der Waals surface area contributed by atoms with Gasteiger partial charge in [0.15, 0.2) is 5.65 Å². The van der Waals surface area contributed by atoms with Crippen molar-refractivity contribution in [2.75, 3.05) is 43.4 Å². The lowest BCUT2D eigenvalue weighted by molar-refractivity contribution is 0.312. The summed E-state index contributed by atoms with van der Waals surface area (Å²) in [5.41, 5.74) is 3.86. The molecule has 1 saturated heterocycles. The molecule has 5 aromatic rings. The first-order valence-corrected chi connectivity index (χ1v) is 13.6. The Bertz CT molecular complexity index is 1730. The van der Waals surface area contributed by atoms with Crippen LogP contribution in [-0.2, 0) is 0 Å². The molecule has 6 rings (SSSR count). The summed E-state index contributed by atoms with van der Waals surface area (Å²) >= 11 is 12.9. The minimum atomic E-state index is -0.358. The van der Waals surface area contributed by atoms with E-state index in [9.17, 15) is 4.79 Å². The molecular weight excluding hydrogens is 535 g/mol. The van der Waals surface area contributed by atoms with Gasteiger partial charge in [0, 0.05) is 56.1 Å². The molecule has 0 atom stereocenters. The largest absolute Gasteiger partial charge is 0.369 e. The van der Waals surface area contributed by atoms with Crippen molar-refractivity contribution < 1.29 is 0 Å². The number of nitrogens with zero attached hydrogens (tertiary/aromatic N) is 7. The molecule has 1 fully saturated rings. The Kier molecular flexibility index (Phi) is 6.66. The molecule has 200 valence electrons. The number of likely N-dealkylation sites (N-methyl/N-ethyl adjacent to an activating group) is 1. The quantitative estimate of drug-likeness (QED) is 0.309. The number of imidazole rings is 1. The molecule has 0 saturated carbocycles. The second-order valence-electron chi connectivity index (χ2n) is 10.1. The third kappa shape index (κ3) is 4.60. The van der Waals surface area contributed by atoms with E-state index in [1.807, 2.05) is 0 Å². The summed E-state index contributed by atoms with van der Waals surface area (Å²) in [5, 5.41) is 4.33. The van der Waals surface area contributed by atoms with Crippen molar-refractivity contribution in [3.8, 4) is 5.69 Å². The molecule has 3 aromatic heterocycles. The van der Waals surface area contributed by atoms with Gasteiger partial charge in [0.2, 0.25) is 11.7 Å². The number of piperazine rings is 1. The molecule has 0 unspecified atom stereocenters. The Balaban J connectivity index is 1.40. The summed E-state index contributed by atoms with van der Waals surface area (Å²) in [4.78, 5) is 32.0. The standard InChI is InChI=1S/C28H28Cl2N8O/c1-17(2)19-15-18(7-8-23(19)36-13-11-35(3)12-14-36)33-27-32-16-20-25(34-27)37-10-9-31-28(37)38(26(20)39)24-21(29)5-4-6-22(24)30/h4-10,15-17H,11-14H2,1-3H3,(H,32,33,34). The average molecular weight is 563 g/mol. The Morgan fingerprint density at radius 3 is 2.46 bits per heavy atom. The summed E-state index contributed by atoms with van der Waals surface area (Å²) < 4.78 is 3.13. The number of para-hydroxylation sites is 1. The molecule has 1 aliphatic rings. The highest BCUT2D eigenvalue weighted by Gasteiger charge is 2.21. The number of anilines is 3. The van der Waals surface area contributed by atoms with E-state index in [1.54, 1.807) is 35.0 Å². The van der Waals surface area contributed by atoms with Crippen LogP contribution in [0, 0.1) is 0 Å². The zero-order chi connectivity index (χ0) is 27.3. The maximum absolute atomic E-state index is 13.6. The molecule has 11 heteroatoms. The number of fused-ring (bicyclic) bond motifs is 3. The van der Waals surface area contributed by atoms with Gasteiger partial charge in [-0.1, -0.05) is 43.1 Å². The Hall–Kier alpha value is -3.66. The van der Waals surface area contributed by atoms with Gasteiger partial charge in [-0.3, -0.25) is 9.20 Å². The van der Waals surface area contributed by atoms with E-state index in [1.165, 1.54) is 22.0 Å². The van der Waals surface area contributed by atoms with Crippen LogP contribution in [-0.4, -0.2) is 62.0 Å². The van der Waals surface area contributed by atoms with E-state index in [4.69, 9.17) is 28.2 Å². The van der Waals surface area contributed by atoms with E-state index in [-0.39, 0.29) is 5.56 Å². The van der Waals surface area contributed by atoms with E-state index in [2.05, 4.69) is 64.2 Å². The molecule has 1 N–H and O–H groups in total. The van der Waals surface area contributed by atoms with Crippen molar-refractivity contribution in [3.63, 3.8) is 0 Å². The third-order valence-corrected chi connectivity index (χ3v) is 7.77. The number of hydrogen-bond acceptors (Lipinski definition) is 7. The van der Waals surface area contributed by atoms with Gasteiger partial charge in [0.05, 0.1) is 15.7 Å². The number of nitrogens with one attached hydrogen (secondary N) is 1. The fraction of sp³-hybridized carbons (Fsp3) is 0.286. The maximum Gasteiger partial charge on any atom is 0.270 e. The lowest BCUT2D eigenvalue weighted by atomic mass is 9.99. The number of hydrogen-bond donors (Lipinski definition) is 1. The monoisotopic (exact) mass is 562 g/mol. The zero-order valence-corrected chi connectivity index (χ0v) is 23.4. The van der Waals surface area contributed by atoms with Crippen LogP contribution in [0.5, 0.6) is 0 Å². The predicted molar refractivity (Wildman–Crippen MR) is 157 cm³/mol. The highest BCUT2D eigenvalue weighted by Crippen LogP contribution is 2.32. The van der Waals surface area contributed by atoms with Crippen molar-refractivity contribution in [1.82, 2.24) is 28.8 Å². The molecular formula is C28H28Cl2N8O. The van der Waals surface area contributed by atoms with Gasteiger partial charge in [0.25, 0.3) is 5.56 Å². The van der Waals surface area contributed by atoms with Crippen LogP contribution in [0.15, 0.2) is 59.8 Å². The molecule has 0 spiro atoms. The Morgan fingerprint density at radius 1 is 1.00 bits per heavy atom. The van der Waals surface area contributed by atoms with Crippen LogP contribution in [0.3, 0.4) is 0 Å². The second kappa shape index (κ2) is 10.1. The number of benzene rings is 2. The molecule has 0 aliphatic carbocycles. The van der Waals surface area contributed by atoms with Gasteiger partial charge in [-0.25, -0.2) is 14.5 Å². The van der Waals surface area contributed by atoms with Gasteiger partial charge in [-0.2, -0.15) is 4.98 Å². The first-order valence-electron chi connectivity index (χ1n) is 12.9. The van der Waals surface area contributed by atoms with Crippen molar-refractivity contribution >= 4 is 57.3 Å². The number of rotatable bonds is 5. The van der Waals surface area contributed by atoms with Crippen molar-refractivity contribution in [1.29, 1.82) is 0 Å². The first kappa shape index (κ1) is 25.6. The third-order valence-electron chi connectivity index (χ3n) is 7.16. The average Bonchev–Trinajstić information content (AvgIpc) is 3.41. The van der Waals surface area contributed by atoms with E-state index in [0.29, 0.717) is 44.4 Å². The Morgan fingerprint density at radius 2 is 1.74 bits per heavy atom. The zero-order valence-electron chi connectivity index (χ0n) is 21.9. The minimum absolute atomic E-state index is 0.315. The van der Waals surface area contributed by atoms with Gasteiger partial charge >= 0.3 is 0 Å². The van der Waals surface area contributed by atoms with Crippen molar-refractivity contribution in [2.45, 2.75) is 19.8 Å². The molecule has 0 amide bonds. The van der Waals surface area contributed by atoms with Crippen LogP contribution < -0.4 is 15.8 Å². The lowest BCUT2D eigenvalue weighted by Crippen LogP contribution is -2.44. The van der Waals surface area contributed by atoms with Crippen molar-refractivity contribution in [2.24, 2.45) is 0 Å². The maximum atomic E-state index is 13.6. The molecule has 1 aliphatic heterocycles. The van der Waals surface area contributed by atoms with Crippen LogP contribution >= 0.6 is 23.2 Å². The first-order chi connectivity index (χ1) is 18.8. The van der Waals surface area contributed by atoms with Crippen LogP contribution in [0.2, 0.25) is 10.0 Å². The highest BCUT2D eigenvalue weighted by atomic mass is 35.5. The fourth-order valence-corrected chi connectivity index (χ4v) is 5.63. The second-order valence-corrected chi connectivity index (χ2v) is 10.9. The predicted octanol–water partition coefficient (Wildman–Crippen LogP) is 5.35. The number of aromatic nitrogens is 5. The molecule has 39 heavy (non-hydrogen) atoms. The summed E-state index contributed by atoms with van der Waals surface area (Å²) in [7, 11) is 2.16. The topological polar surface area (TPSA) is 83.6 Å². The normalized spacial score (nSPS) is 14.6. The van der Waals surface area contributed by atoms with Gasteiger partial charge < -0.3 is 15.1 Å². The molecule has 4 heterocycles. The number of halogens is 2. The van der Waals surface area contributed by atoms with Crippen LogP contribution in [0.25, 0.3) is 22.5 Å². The van der Waals surface area contributed by atoms with Crippen LogP contribution in [0.1, 0.15) is 25.3 Å². The van der Waals surface area contributed by atoms with E-state index >= 15 is 0 Å². The Labute approximate surface area is 235 Å². The SMILES string of the molecule is CC(C)c1cc(Nc2ncc3c(=O)n(-c4c(Cl)cccc4Cl)c4nccn4c3n2)ccc1N1CCN(C)CC1. The fourth-order valence-electron chi connectivity index (χ4n) is 5.07. The van der Waals surface area contributed by atoms with Crippen molar-refractivity contribution in [3.05, 3.63) is 81.0 Å². The van der Waals surface area contributed by atoms with E-state index < -0.39 is 0 Å². The van der Waals surface area contributed by atoms with Gasteiger partial charge in [-0.15, -0.1) is 0 Å². The van der Waals surface area contributed by atoms with E-state index in [0.717, 1.165) is 31.9 Å². The molecule has 9 nitrogen and oxygen atoms in total. The molecule has 0 radical (unpaired) electrons. The molecule has 0 bridgehead atoms. The summed E-state index contributed by atoms with van der Waals surface area (Å²) in [5.74, 6) is 1.08. The summed E-state index contributed by atoms with van der Waals surface area (Å²) in [6.45, 7) is 8.53. The lowest BCUT2D eigenvalue weighted by Gasteiger charge is -2.36. The molecule has 2 aromatic carbocycles. The highest BCUT2D eigenvalue weighted by molar-refractivity contribution is 6.37. The smallest absolute Gasteiger partial charge is 0.270 e. The van der Waals surface area contributed by atoms with Gasteiger partial charge in [0.1, 0.15) is 5.39 Å². The van der Waals surface area contributed by atoms with Gasteiger partial charge in [-0.05, 0) is 48.9 Å².